The van der Waals surface area contributed by atoms with Crippen molar-refractivity contribution in [3.8, 4) is 0 Å². The van der Waals surface area contributed by atoms with Gasteiger partial charge in [0.2, 0.25) is 0 Å². The van der Waals surface area contributed by atoms with E-state index in [1.807, 2.05) is 6.92 Å². The Balaban J connectivity index is 3.63. The van der Waals surface area contributed by atoms with Gasteiger partial charge in [-0.15, -0.1) is 0 Å². The molecule has 0 heterocycles. The quantitative estimate of drug-likeness (QED) is 0.0555. The van der Waals surface area contributed by atoms with Crippen LogP contribution in [0.25, 0.3) is 0 Å². The van der Waals surface area contributed by atoms with Gasteiger partial charge in [0.25, 0.3) is 0 Å². The van der Waals surface area contributed by atoms with Gasteiger partial charge in [-0.25, -0.2) is 0 Å². The molecule has 198 valence electrons. The number of carbonyl (C=O) groups is 1. The second-order valence-corrected chi connectivity index (χ2v) is 9.53. The molecule has 0 rings (SSSR count). The maximum absolute atomic E-state index is 11.4. The summed E-state index contributed by atoms with van der Waals surface area (Å²) in [4.78, 5) is 15.8. The first kappa shape index (κ1) is 32.3. The molecule has 4 N–H and O–H groups in total. The van der Waals surface area contributed by atoms with Gasteiger partial charge in [-0.3, -0.25) is 4.99 Å². The molecule has 0 fully saturated rings. The second kappa shape index (κ2) is 24.4. The molecule has 6 heteroatoms. The smallest absolute Gasteiger partial charge is 0.144 e. The number of nitrogens with zero attached hydrogens (tertiary/aromatic N) is 1. The van der Waals surface area contributed by atoms with Gasteiger partial charge >= 0.3 is 0 Å². The van der Waals surface area contributed by atoms with Crippen molar-refractivity contribution < 1.29 is 9.53 Å². The van der Waals surface area contributed by atoms with E-state index in [2.05, 4.69) is 23.8 Å². The number of aliphatic imine (C=N–C) groups is 1. The number of aldehydes is 1. The van der Waals surface area contributed by atoms with Crippen LogP contribution in [0.1, 0.15) is 123 Å². The van der Waals surface area contributed by atoms with E-state index in [1.54, 1.807) is 0 Å². The highest BCUT2D eigenvalue weighted by atomic mass is 16.5. The molecule has 0 radical (unpaired) electrons. The maximum atomic E-state index is 11.4. The largest absolute Gasteiger partial charge is 0.387 e. The standard InChI is InChI=1S/C28H54N4O2/c1-4-22-34-23-21-31-26(3)19-20-27(24-33)32-28(30)18-16-14-12-10-8-6-5-7-9-11-13-15-17-25(2)29/h24,27,29,31H,3-23H2,1-2H3,(H2,30,32). The fraction of sp³-hybridized carbons (Fsp3) is 0.821. The van der Waals surface area contributed by atoms with Crippen LogP contribution >= 0.6 is 0 Å². The first-order valence-corrected chi connectivity index (χ1v) is 13.8. The van der Waals surface area contributed by atoms with Crippen LogP contribution in [0.2, 0.25) is 0 Å². The van der Waals surface area contributed by atoms with E-state index in [0.29, 0.717) is 25.3 Å². The van der Waals surface area contributed by atoms with Crippen molar-refractivity contribution in [3.05, 3.63) is 12.3 Å². The van der Waals surface area contributed by atoms with E-state index >= 15 is 0 Å². The average Bonchev–Trinajstić information content (AvgIpc) is 2.81. The first-order chi connectivity index (χ1) is 16.5. The van der Waals surface area contributed by atoms with Crippen LogP contribution in [0.4, 0.5) is 0 Å². The molecule has 0 aromatic carbocycles. The first-order valence-electron chi connectivity index (χ1n) is 13.8. The zero-order valence-electron chi connectivity index (χ0n) is 22.3. The maximum Gasteiger partial charge on any atom is 0.144 e. The molecule has 0 amide bonds. The summed E-state index contributed by atoms with van der Waals surface area (Å²) in [5.41, 5.74) is 7.79. The minimum absolute atomic E-state index is 0.380. The van der Waals surface area contributed by atoms with Crippen molar-refractivity contribution in [1.29, 1.82) is 5.41 Å². The summed E-state index contributed by atoms with van der Waals surface area (Å²) >= 11 is 0. The molecular weight excluding hydrogens is 424 g/mol. The van der Waals surface area contributed by atoms with E-state index in [-0.39, 0.29) is 6.04 Å². The van der Waals surface area contributed by atoms with Crippen molar-refractivity contribution >= 4 is 17.8 Å². The molecule has 0 saturated heterocycles. The molecule has 0 saturated carbocycles. The third kappa shape index (κ3) is 23.5. The topological polar surface area (TPSA) is 101 Å². The zero-order valence-corrected chi connectivity index (χ0v) is 22.3. The summed E-state index contributed by atoms with van der Waals surface area (Å²) in [6, 6.07) is -0.380. The molecule has 34 heavy (non-hydrogen) atoms. The van der Waals surface area contributed by atoms with Gasteiger partial charge in [0.05, 0.1) is 12.4 Å². The Morgan fingerprint density at radius 2 is 1.47 bits per heavy atom. The highest BCUT2D eigenvalue weighted by Crippen LogP contribution is 2.13. The molecule has 0 spiro atoms. The number of hydrogen-bond donors (Lipinski definition) is 3. The molecule has 0 bridgehead atoms. The summed E-state index contributed by atoms with van der Waals surface area (Å²) in [6.07, 6.45) is 20.3. The van der Waals surface area contributed by atoms with Crippen LogP contribution in [0.3, 0.4) is 0 Å². The molecule has 0 aliphatic carbocycles. The Bertz CT molecular complexity index is 549. The summed E-state index contributed by atoms with van der Waals surface area (Å²) in [5.74, 6) is 0.597. The van der Waals surface area contributed by atoms with Crippen LogP contribution in [0.5, 0.6) is 0 Å². The lowest BCUT2D eigenvalue weighted by Crippen LogP contribution is -2.21. The highest BCUT2D eigenvalue weighted by molar-refractivity contribution is 5.82. The Kier molecular flexibility index (Phi) is 23.2. The predicted molar refractivity (Wildman–Crippen MR) is 147 cm³/mol. The third-order valence-electron chi connectivity index (χ3n) is 5.94. The molecule has 0 aromatic rings. The summed E-state index contributed by atoms with van der Waals surface area (Å²) < 4.78 is 5.43. The Hall–Kier alpha value is -1.69. The van der Waals surface area contributed by atoms with Gasteiger partial charge in [0.15, 0.2) is 0 Å². The van der Waals surface area contributed by atoms with Crippen molar-refractivity contribution in [1.82, 2.24) is 5.32 Å². The van der Waals surface area contributed by atoms with E-state index in [1.165, 1.54) is 70.6 Å². The van der Waals surface area contributed by atoms with Crippen molar-refractivity contribution in [3.63, 3.8) is 0 Å². The number of nitrogens with one attached hydrogen (secondary N) is 2. The van der Waals surface area contributed by atoms with Crippen LogP contribution in [0, 0.1) is 5.41 Å². The Morgan fingerprint density at radius 3 is 1.97 bits per heavy atom. The minimum atomic E-state index is -0.380. The molecular formula is C28H54N4O2. The number of allylic oxidation sites excluding steroid dienone is 1. The molecule has 1 atom stereocenters. The lowest BCUT2D eigenvalue weighted by atomic mass is 10.0. The lowest BCUT2D eigenvalue weighted by Gasteiger charge is -2.12. The number of nitrogens with two attached hydrogens (primary N) is 1. The molecule has 0 aliphatic rings. The SMILES string of the molecule is C=C(CCC(C=O)N=C(N)CCCCCCCCCCCCCCC(C)=N)NCCOCCC. The van der Waals surface area contributed by atoms with Crippen molar-refractivity contribution in [2.75, 3.05) is 19.8 Å². The highest BCUT2D eigenvalue weighted by Gasteiger charge is 2.07. The average molecular weight is 479 g/mol. The van der Waals surface area contributed by atoms with Crippen LogP contribution < -0.4 is 11.1 Å². The van der Waals surface area contributed by atoms with Crippen molar-refractivity contribution in [2.24, 2.45) is 10.7 Å². The van der Waals surface area contributed by atoms with Crippen molar-refractivity contribution in [2.45, 2.75) is 129 Å². The number of unbranched alkanes of at least 4 members (excludes halogenated alkanes) is 11. The van der Waals surface area contributed by atoms with Crippen LogP contribution in [0.15, 0.2) is 17.3 Å². The summed E-state index contributed by atoms with van der Waals surface area (Å²) in [7, 11) is 0. The molecule has 1 unspecified atom stereocenters. The second-order valence-electron chi connectivity index (χ2n) is 9.53. The Morgan fingerprint density at radius 1 is 0.941 bits per heavy atom. The fourth-order valence-electron chi connectivity index (χ4n) is 3.86. The van der Waals surface area contributed by atoms with E-state index < -0.39 is 0 Å². The van der Waals surface area contributed by atoms with Crippen LogP contribution in [-0.2, 0) is 9.53 Å². The van der Waals surface area contributed by atoms with Gasteiger partial charge in [-0.1, -0.05) is 77.7 Å². The third-order valence-corrected chi connectivity index (χ3v) is 5.94. The monoisotopic (exact) mass is 478 g/mol. The van der Waals surface area contributed by atoms with Crippen LogP contribution in [-0.4, -0.2) is 43.6 Å². The molecule has 0 aliphatic heterocycles. The number of hydrogen-bond acceptors (Lipinski definition) is 5. The van der Waals surface area contributed by atoms with Gasteiger partial charge in [0.1, 0.15) is 12.3 Å². The van der Waals surface area contributed by atoms with Gasteiger partial charge in [0, 0.05) is 31.0 Å². The summed E-state index contributed by atoms with van der Waals surface area (Å²) in [6.45, 7) is 10.2. The number of rotatable bonds is 26. The lowest BCUT2D eigenvalue weighted by molar-refractivity contribution is -0.108. The van der Waals surface area contributed by atoms with Gasteiger partial charge < -0.3 is 26.0 Å². The van der Waals surface area contributed by atoms with Gasteiger partial charge in [-0.2, -0.15) is 0 Å². The molecule has 0 aromatic heterocycles. The van der Waals surface area contributed by atoms with Gasteiger partial charge in [-0.05, 0) is 45.4 Å². The summed E-state index contributed by atoms with van der Waals surface area (Å²) in [5, 5.41) is 10.7. The van der Waals surface area contributed by atoms with E-state index in [9.17, 15) is 4.79 Å². The molecule has 6 nitrogen and oxygen atoms in total. The minimum Gasteiger partial charge on any atom is -0.387 e. The van der Waals surface area contributed by atoms with E-state index in [0.717, 1.165) is 56.5 Å². The number of ether oxygens (including phenoxy) is 1. The number of amidine groups is 1. The number of carbonyl (C=O) groups excluding carboxylic acids is 1. The zero-order chi connectivity index (χ0) is 25.3. The fourth-order valence-corrected chi connectivity index (χ4v) is 3.86. The Labute approximate surface area is 210 Å². The normalized spacial score (nSPS) is 12.5. The predicted octanol–water partition coefficient (Wildman–Crippen LogP) is 6.72. The van der Waals surface area contributed by atoms with E-state index in [4.69, 9.17) is 15.9 Å².